The molecule has 120 valence electrons. The number of nitro groups is 1. The average Bonchev–Trinajstić information content (AvgIpc) is 3.09. The molecule has 1 fully saturated rings. The number of anilines is 1. The summed E-state index contributed by atoms with van der Waals surface area (Å²) in [5, 5.41) is 22.8. The number of nitrogens with one attached hydrogen (secondary N) is 1. The first kappa shape index (κ1) is 15.5. The summed E-state index contributed by atoms with van der Waals surface area (Å²) in [5.74, 6) is -3.10. The minimum atomic E-state index is -0.996. The molecule has 0 radical (unpaired) electrons. The van der Waals surface area contributed by atoms with E-state index in [4.69, 9.17) is 11.6 Å². The molecule has 0 saturated heterocycles. The summed E-state index contributed by atoms with van der Waals surface area (Å²) in [6.07, 6.45) is 4.37. The van der Waals surface area contributed by atoms with Gasteiger partial charge in [-0.3, -0.25) is 19.7 Å². The van der Waals surface area contributed by atoms with Gasteiger partial charge in [0.1, 0.15) is 5.02 Å². The van der Waals surface area contributed by atoms with Gasteiger partial charge in [0.05, 0.1) is 16.8 Å². The fourth-order valence-corrected chi connectivity index (χ4v) is 3.66. The van der Waals surface area contributed by atoms with Gasteiger partial charge in [-0.1, -0.05) is 23.8 Å². The van der Waals surface area contributed by atoms with Crippen LogP contribution in [0.3, 0.4) is 0 Å². The summed E-state index contributed by atoms with van der Waals surface area (Å²) < 4.78 is 0. The fraction of sp³-hybridized carbons (Fsp3) is 0.333. The van der Waals surface area contributed by atoms with Crippen LogP contribution in [0.2, 0.25) is 5.02 Å². The molecule has 2 aliphatic rings. The lowest BCUT2D eigenvalue weighted by Crippen LogP contribution is -2.36. The number of allylic oxidation sites excluding steroid dienone is 2. The Labute approximate surface area is 136 Å². The summed E-state index contributed by atoms with van der Waals surface area (Å²) in [6.45, 7) is 0. The minimum absolute atomic E-state index is 0.0285. The van der Waals surface area contributed by atoms with Gasteiger partial charge in [0.25, 0.3) is 5.69 Å². The summed E-state index contributed by atoms with van der Waals surface area (Å²) in [6, 6.07) is 3.94. The molecule has 2 aliphatic carbocycles. The molecule has 1 amide bonds. The van der Waals surface area contributed by atoms with Gasteiger partial charge < -0.3 is 10.4 Å². The van der Waals surface area contributed by atoms with E-state index in [-0.39, 0.29) is 28.2 Å². The van der Waals surface area contributed by atoms with Crippen molar-refractivity contribution in [1.82, 2.24) is 0 Å². The molecule has 2 bridgehead atoms. The van der Waals surface area contributed by atoms with E-state index in [0.717, 1.165) is 0 Å². The maximum Gasteiger partial charge on any atom is 0.307 e. The van der Waals surface area contributed by atoms with Gasteiger partial charge in [0.15, 0.2) is 0 Å². The summed E-state index contributed by atoms with van der Waals surface area (Å²) in [7, 11) is 0. The standard InChI is InChI=1S/C15H13ClN2O5/c16-10-4-3-9(6-11(10)18(22)23)17-14(19)12-7-1-2-8(5-7)13(12)15(20)21/h1-4,6-8,12-13H,5H2,(H,17,19)(H,20,21)/t7-,8+,12+,13+/m1/s1. The predicted molar refractivity (Wildman–Crippen MR) is 82.1 cm³/mol. The normalized spacial score (nSPS) is 27.9. The van der Waals surface area contributed by atoms with E-state index in [2.05, 4.69) is 5.32 Å². The number of carboxylic acids is 1. The molecule has 2 N–H and O–H groups in total. The minimum Gasteiger partial charge on any atom is -0.481 e. The van der Waals surface area contributed by atoms with Crippen LogP contribution in [-0.4, -0.2) is 21.9 Å². The van der Waals surface area contributed by atoms with Crippen molar-refractivity contribution in [2.45, 2.75) is 6.42 Å². The quantitative estimate of drug-likeness (QED) is 0.499. The van der Waals surface area contributed by atoms with Crippen molar-refractivity contribution in [3.63, 3.8) is 0 Å². The Morgan fingerprint density at radius 1 is 1.26 bits per heavy atom. The Morgan fingerprint density at radius 3 is 2.52 bits per heavy atom. The molecule has 1 aromatic rings. The first-order valence-corrected chi connectivity index (χ1v) is 7.42. The van der Waals surface area contributed by atoms with Gasteiger partial charge in [-0.2, -0.15) is 0 Å². The Kier molecular flexibility index (Phi) is 3.81. The number of carboxylic acid groups (broad SMARTS) is 1. The Hall–Kier alpha value is -2.41. The van der Waals surface area contributed by atoms with Crippen molar-refractivity contribution in [1.29, 1.82) is 0 Å². The molecule has 0 unspecified atom stereocenters. The van der Waals surface area contributed by atoms with E-state index in [1.807, 2.05) is 12.2 Å². The number of aliphatic carboxylic acids is 1. The van der Waals surface area contributed by atoms with Crippen LogP contribution in [0.15, 0.2) is 30.4 Å². The fourth-order valence-electron chi connectivity index (χ4n) is 3.47. The third-order valence-corrected chi connectivity index (χ3v) is 4.78. The van der Waals surface area contributed by atoms with Gasteiger partial charge in [-0.05, 0) is 30.4 Å². The molecule has 1 aromatic carbocycles. The van der Waals surface area contributed by atoms with Crippen LogP contribution in [0, 0.1) is 33.8 Å². The maximum atomic E-state index is 12.5. The Bertz CT molecular complexity index is 733. The predicted octanol–water partition coefficient (Wildman–Crippen LogP) is 2.71. The van der Waals surface area contributed by atoms with Crippen LogP contribution in [0.4, 0.5) is 11.4 Å². The largest absolute Gasteiger partial charge is 0.481 e. The van der Waals surface area contributed by atoms with E-state index < -0.39 is 28.6 Å². The van der Waals surface area contributed by atoms with E-state index in [0.29, 0.717) is 6.42 Å². The second kappa shape index (κ2) is 5.66. The van der Waals surface area contributed by atoms with Crippen molar-refractivity contribution in [2.24, 2.45) is 23.7 Å². The van der Waals surface area contributed by atoms with Crippen LogP contribution in [-0.2, 0) is 9.59 Å². The van der Waals surface area contributed by atoms with Gasteiger partial charge in [-0.25, -0.2) is 0 Å². The number of fused-ring (bicyclic) bond motifs is 2. The summed E-state index contributed by atoms with van der Waals surface area (Å²) in [5.41, 5.74) is -0.0888. The number of nitro benzene ring substituents is 1. The van der Waals surface area contributed by atoms with Crippen LogP contribution in [0.1, 0.15) is 6.42 Å². The first-order chi connectivity index (χ1) is 10.9. The zero-order valence-corrected chi connectivity index (χ0v) is 12.6. The summed E-state index contributed by atoms with van der Waals surface area (Å²) in [4.78, 5) is 34.1. The first-order valence-electron chi connectivity index (χ1n) is 7.04. The van der Waals surface area contributed by atoms with E-state index in [1.165, 1.54) is 18.2 Å². The molecular formula is C15H13ClN2O5. The van der Waals surface area contributed by atoms with Crippen LogP contribution >= 0.6 is 11.6 Å². The van der Waals surface area contributed by atoms with Crippen molar-refractivity contribution in [3.8, 4) is 0 Å². The van der Waals surface area contributed by atoms with Gasteiger partial charge in [-0.15, -0.1) is 0 Å². The van der Waals surface area contributed by atoms with Gasteiger partial charge in [0.2, 0.25) is 5.91 Å². The third kappa shape index (κ3) is 2.68. The monoisotopic (exact) mass is 336 g/mol. The van der Waals surface area contributed by atoms with Crippen molar-refractivity contribution >= 4 is 34.9 Å². The number of rotatable bonds is 4. The topological polar surface area (TPSA) is 110 Å². The number of carbonyl (C=O) groups excluding carboxylic acids is 1. The number of amides is 1. The number of hydrogen-bond donors (Lipinski definition) is 2. The van der Waals surface area contributed by atoms with E-state index >= 15 is 0 Å². The second-order valence-electron chi connectivity index (χ2n) is 5.75. The Balaban J connectivity index is 1.82. The zero-order chi connectivity index (χ0) is 16.7. The highest BCUT2D eigenvalue weighted by atomic mass is 35.5. The second-order valence-corrected chi connectivity index (χ2v) is 6.16. The lowest BCUT2D eigenvalue weighted by atomic mass is 9.82. The molecule has 4 atom stereocenters. The Morgan fingerprint density at radius 2 is 1.91 bits per heavy atom. The molecular weight excluding hydrogens is 324 g/mol. The number of benzene rings is 1. The number of carbonyl (C=O) groups is 2. The van der Waals surface area contributed by atoms with Crippen molar-refractivity contribution in [3.05, 3.63) is 45.5 Å². The van der Waals surface area contributed by atoms with Crippen LogP contribution < -0.4 is 5.32 Å². The molecule has 0 aliphatic heterocycles. The maximum absolute atomic E-state index is 12.5. The van der Waals surface area contributed by atoms with E-state index in [9.17, 15) is 24.8 Å². The lowest BCUT2D eigenvalue weighted by molar-refractivity contribution is -0.384. The highest BCUT2D eigenvalue weighted by molar-refractivity contribution is 6.32. The molecule has 7 nitrogen and oxygen atoms in total. The highest BCUT2D eigenvalue weighted by Crippen LogP contribution is 2.48. The van der Waals surface area contributed by atoms with Crippen LogP contribution in [0.25, 0.3) is 0 Å². The average molecular weight is 337 g/mol. The van der Waals surface area contributed by atoms with Crippen LogP contribution in [0.5, 0.6) is 0 Å². The lowest BCUT2D eigenvalue weighted by Gasteiger charge is -2.23. The number of halogens is 1. The third-order valence-electron chi connectivity index (χ3n) is 4.46. The molecule has 0 aromatic heterocycles. The zero-order valence-electron chi connectivity index (χ0n) is 11.8. The SMILES string of the molecule is O=C(Nc1ccc(Cl)c([N+](=O)[O-])c1)[C@@H]1[C@@H](C(=O)O)[C@H]2C=C[C@@H]1C2. The molecule has 3 rings (SSSR count). The van der Waals surface area contributed by atoms with E-state index in [1.54, 1.807) is 0 Å². The summed E-state index contributed by atoms with van der Waals surface area (Å²) >= 11 is 5.73. The van der Waals surface area contributed by atoms with Crippen molar-refractivity contribution < 1.29 is 19.6 Å². The number of nitrogens with zero attached hydrogens (tertiary/aromatic N) is 1. The molecule has 8 heteroatoms. The highest BCUT2D eigenvalue weighted by Gasteiger charge is 2.51. The van der Waals surface area contributed by atoms with Crippen molar-refractivity contribution in [2.75, 3.05) is 5.32 Å². The smallest absolute Gasteiger partial charge is 0.307 e. The molecule has 23 heavy (non-hydrogen) atoms. The van der Waals surface area contributed by atoms with Gasteiger partial charge in [0, 0.05) is 11.8 Å². The van der Waals surface area contributed by atoms with Gasteiger partial charge >= 0.3 is 5.97 Å². The molecule has 1 saturated carbocycles. The molecule has 0 heterocycles. The number of hydrogen-bond acceptors (Lipinski definition) is 4. The molecule has 0 spiro atoms.